The van der Waals surface area contributed by atoms with Gasteiger partial charge in [0.25, 0.3) is 0 Å². The molecule has 0 radical (unpaired) electrons. The lowest BCUT2D eigenvalue weighted by molar-refractivity contribution is -0.148. The Labute approximate surface area is 105 Å². The first-order valence-corrected chi connectivity index (χ1v) is 7.19. The lowest BCUT2D eigenvalue weighted by atomic mass is 9.86. The molecule has 0 aromatic heterocycles. The van der Waals surface area contributed by atoms with Crippen molar-refractivity contribution in [3.63, 3.8) is 0 Å². The molecule has 1 N–H and O–H groups in total. The van der Waals surface area contributed by atoms with Crippen LogP contribution in [-0.2, 0) is 4.74 Å². The van der Waals surface area contributed by atoms with Crippen LogP contribution in [0.25, 0.3) is 0 Å². The van der Waals surface area contributed by atoms with E-state index in [-0.39, 0.29) is 12.0 Å². The summed E-state index contributed by atoms with van der Waals surface area (Å²) in [4.78, 5) is 2.55. The van der Waals surface area contributed by atoms with E-state index in [1.807, 2.05) is 0 Å². The molecule has 0 bridgehead atoms. The minimum absolute atomic E-state index is 0.0601. The molecule has 2 aliphatic rings. The van der Waals surface area contributed by atoms with Crippen LogP contribution in [0.1, 0.15) is 39.0 Å². The zero-order valence-corrected chi connectivity index (χ0v) is 11.2. The summed E-state index contributed by atoms with van der Waals surface area (Å²) >= 11 is 0. The van der Waals surface area contributed by atoms with E-state index in [1.165, 1.54) is 45.2 Å². The molecule has 2 aliphatic heterocycles. The molecule has 3 heteroatoms. The molecule has 0 unspecified atom stereocenters. The molecule has 3 nitrogen and oxygen atoms in total. The Morgan fingerprint density at radius 3 is 2.71 bits per heavy atom. The fourth-order valence-corrected chi connectivity index (χ4v) is 3.18. The van der Waals surface area contributed by atoms with Crippen molar-refractivity contribution in [1.29, 1.82) is 0 Å². The van der Waals surface area contributed by atoms with Crippen molar-refractivity contribution in [3.05, 3.63) is 0 Å². The Balaban J connectivity index is 1.78. The van der Waals surface area contributed by atoms with Gasteiger partial charge in [-0.25, -0.2) is 0 Å². The number of rotatable bonds is 5. The number of ether oxygens (including phenoxy) is 1. The Kier molecular flexibility index (Phi) is 4.83. The van der Waals surface area contributed by atoms with Gasteiger partial charge in [0.2, 0.25) is 0 Å². The standard InChI is InChI=1S/C14H27NO2/c1-2-4-13-5-3-7-15(8-6-13)9-14(10-16)11-17-12-14/h13,16H,2-12H2,1H3/t13-/m1/s1. The van der Waals surface area contributed by atoms with Crippen LogP contribution in [-0.4, -0.2) is 49.5 Å². The number of likely N-dealkylation sites (tertiary alicyclic amines) is 1. The molecule has 1 atom stereocenters. The summed E-state index contributed by atoms with van der Waals surface area (Å²) in [6.45, 7) is 7.52. The summed E-state index contributed by atoms with van der Waals surface area (Å²) in [6.07, 6.45) is 6.78. The maximum absolute atomic E-state index is 9.47. The van der Waals surface area contributed by atoms with Crippen LogP contribution in [0.15, 0.2) is 0 Å². The fraction of sp³-hybridized carbons (Fsp3) is 1.00. The van der Waals surface area contributed by atoms with Gasteiger partial charge < -0.3 is 14.7 Å². The van der Waals surface area contributed by atoms with Gasteiger partial charge >= 0.3 is 0 Å². The van der Waals surface area contributed by atoms with Crippen molar-refractivity contribution < 1.29 is 9.84 Å². The van der Waals surface area contributed by atoms with Gasteiger partial charge in [0, 0.05) is 6.54 Å². The molecule has 0 aromatic rings. The summed E-state index contributed by atoms with van der Waals surface area (Å²) in [5.74, 6) is 0.938. The molecule has 100 valence electrons. The molecule has 0 saturated carbocycles. The minimum atomic E-state index is 0.0601. The van der Waals surface area contributed by atoms with Gasteiger partial charge in [-0.2, -0.15) is 0 Å². The number of aliphatic hydroxyl groups is 1. The molecule has 0 aliphatic carbocycles. The van der Waals surface area contributed by atoms with Gasteiger partial charge in [-0.1, -0.05) is 19.8 Å². The Hall–Kier alpha value is -0.120. The number of hydrogen-bond acceptors (Lipinski definition) is 3. The van der Waals surface area contributed by atoms with Crippen LogP contribution >= 0.6 is 0 Å². The lowest BCUT2D eigenvalue weighted by Gasteiger charge is -2.43. The third kappa shape index (κ3) is 3.43. The molecular weight excluding hydrogens is 214 g/mol. The Bertz CT molecular complexity index is 223. The van der Waals surface area contributed by atoms with Crippen molar-refractivity contribution in [2.75, 3.05) is 39.5 Å². The molecule has 0 aromatic carbocycles. The number of aliphatic hydroxyl groups excluding tert-OH is 1. The first kappa shape index (κ1) is 13.3. The quantitative estimate of drug-likeness (QED) is 0.798. The maximum Gasteiger partial charge on any atom is 0.0579 e. The highest BCUT2D eigenvalue weighted by molar-refractivity contribution is 4.88. The van der Waals surface area contributed by atoms with E-state index < -0.39 is 0 Å². The summed E-state index contributed by atoms with van der Waals surface area (Å²) < 4.78 is 5.27. The maximum atomic E-state index is 9.47. The zero-order chi connectivity index (χ0) is 12.1. The van der Waals surface area contributed by atoms with E-state index in [0.29, 0.717) is 0 Å². The summed E-state index contributed by atoms with van der Waals surface area (Å²) in [5, 5.41) is 9.47. The van der Waals surface area contributed by atoms with Gasteiger partial charge in [0.05, 0.1) is 25.2 Å². The monoisotopic (exact) mass is 241 g/mol. The predicted octanol–water partition coefficient (Wildman–Crippen LogP) is 1.90. The van der Waals surface area contributed by atoms with Crippen LogP contribution in [0.4, 0.5) is 0 Å². The molecule has 2 rings (SSSR count). The highest BCUT2D eigenvalue weighted by atomic mass is 16.5. The van der Waals surface area contributed by atoms with E-state index >= 15 is 0 Å². The van der Waals surface area contributed by atoms with Crippen LogP contribution < -0.4 is 0 Å². The van der Waals surface area contributed by atoms with Crippen LogP contribution in [0.5, 0.6) is 0 Å². The van der Waals surface area contributed by atoms with Crippen LogP contribution in [0.2, 0.25) is 0 Å². The van der Waals surface area contributed by atoms with Gasteiger partial charge in [-0.05, 0) is 38.3 Å². The van der Waals surface area contributed by atoms with Crippen molar-refractivity contribution in [1.82, 2.24) is 4.90 Å². The van der Waals surface area contributed by atoms with E-state index in [0.717, 1.165) is 25.7 Å². The third-order valence-corrected chi connectivity index (χ3v) is 4.35. The molecule has 2 heterocycles. The fourth-order valence-electron chi connectivity index (χ4n) is 3.18. The second kappa shape index (κ2) is 6.17. The predicted molar refractivity (Wildman–Crippen MR) is 69.0 cm³/mol. The largest absolute Gasteiger partial charge is 0.396 e. The first-order chi connectivity index (χ1) is 8.28. The average Bonchev–Trinajstić information content (AvgIpc) is 2.50. The van der Waals surface area contributed by atoms with E-state index in [1.54, 1.807) is 0 Å². The van der Waals surface area contributed by atoms with Crippen molar-refractivity contribution in [2.24, 2.45) is 11.3 Å². The van der Waals surface area contributed by atoms with Crippen molar-refractivity contribution in [3.8, 4) is 0 Å². The second-order valence-corrected chi connectivity index (χ2v) is 6.01. The molecule has 2 fully saturated rings. The van der Waals surface area contributed by atoms with E-state index in [4.69, 9.17) is 4.74 Å². The molecule has 17 heavy (non-hydrogen) atoms. The lowest BCUT2D eigenvalue weighted by Crippen LogP contribution is -2.53. The smallest absolute Gasteiger partial charge is 0.0579 e. The van der Waals surface area contributed by atoms with Crippen LogP contribution in [0, 0.1) is 11.3 Å². The summed E-state index contributed by atoms with van der Waals surface area (Å²) in [7, 11) is 0. The van der Waals surface area contributed by atoms with Gasteiger partial charge in [0.1, 0.15) is 0 Å². The molecule has 2 saturated heterocycles. The molecule has 0 amide bonds. The highest BCUT2D eigenvalue weighted by Gasteiger charge is 2.39. The van der Waals surface area contributed by atoms with E-state index in [9.17, 15) is 5.11 Å². The second-order valence-electron chi connectivity index (χ2n) is 6.01. The Morgan fingerprint density at radius 2 is 2.12 bits per heavy atom. The van der Waals surface area contributed by atoms with E-state index in [2.05, 4.69) is 11.8 Å². The van der Waals surface area contributed by atoms with Gasteiger partial charge in [0.15, 0.2) is 0 Å². The van der Waals surface area contributed by atoms with Gasteiger partial charge in [-0.15, -0.1) is 0 Å². The van der Waals surface area contributed by atoms with Gasteiger partial charge in [-0.3, -0.25) is 0 Å². The third-order valence-electron chi connectivity index (χ3n) is 4.35. The normalized spacial score (nSPS) is 29.6. The zero-order valence-electron chi connectivity index (χ0n) is 11.2. The number of hydrogen-bond donors (Lipinski definition) is 1. The van der Waals surface area contributed by atoms with Crippen LogP contribution in [0.3, 0.4) is 0 Å². The Morgan fingerprint density at radius 1 is 1.29 bits per heavy atom. The highest BCUT2D eigenvalue weighted by Crippen LogP contribution is 2.30. The summed E-state index contributed by atoms with van der Waals surface area (Å²) in [5.41, 5.74) is 0.0601. The number of nitrogens with zero attached hydrogens (tertiary/aromatic N) is 1. The van der Waals surface area contributed by atoms with Crippen molar-refractivity contribution in [2.45, 2.75) is 39.0 Å². The first-order valence-electron chi connectivity index (χ1n) is 7.19. The molecular formula is C14H27NO2. The van der Waals surface area contributed by atoms with Crippen molar-refractivity contribution >= 4 is 0 Å². The molecule has 0 spiro atoms. The topological polar surface area (TPSA) is 32.7 Å². The summed E-state index contributed by atoms with van der Waals surface area (Å²) in [6, 6.07) is 0. The average molecular weight is 241 g/mol. The SMILES string of the molecule is CCC[C@@H]1CCCN(CC2(CO)COC2)CC1. The minimum Gasteiger partial charge on any atom is -0.396 e.